The molecule has 0 fully saturated rings. The predicted molar refractivity (Wildman–Crippen MR) is 119 cm³/mol. The molecule has 146 valence electrons. The number of imidazole rings is 1. The zero-order valence-corrected chi connectivity index (χ0v) is 16.3. The Kier molecular flexibility index (Phi) is 4.62. The Morgan fingerprint density at radius 3 is 2.50 bits per heavy atom. The maximum Gasteiger partial charge on any atom is 0.257 e. The van der Waals surface area contributed by atoms with Crippen LogP contribution in [0.3, 0.4) is 0 Å². The standard InChI is InChI=1S/C25H20N4O/c30-25(27-22-11-5-7-13-24(22)28-15-14-26-18-28)21-17-29(16-19-8-2-1-3-9-19)23-12-6-4-10-20(21)23/h1-15,17-18H,16H2,(H,27,30). The molecular formula is C25H20N4O. The van der Waals surface area contributed by atoms with E-state index in [-0.39, 0.29) is 5.91 Å². The summed E-state index contributed by atoms with van der Waals surface area (Å²) in [5, 5.41) is 4.02. The highest BCUT2D eigenvalue weighted by atomic mass is 16.1. The quantitative estimate of drug-likeness (QED) is 0.451. The lowest BCUT2D eigenvalue weighted by atomic mass is 10.1. The predicted octanol–water partition coefficient (Wildman–Crippen LogP) is 5.13. The molecular weight excluding hydrogens is 372 g/mol. The minimum absolute atomic E-state index is 0.134. The number of carbonyl (C=O) groups excluding carboxylic acids is 1. The largest absolute Gasteiger partial charge is 0.342 e. The molecule has 0 aliphatic carbocycles. The third-order valence-corrected chi connectivity index (χ3v) is 5.16. The average Bonchev–Trinajstić information content (AvgIpc) is 3.44. The van der Waals surface area contributed by atoms with Crippen LogP contribution in [-0.2, 0) is 6.54 Å². The molecule has 0 spiro atoms. The molecule has 0 radical (unpaired) electrons. The van der Waals surface area contributed by atoms with Crippen LogP contribution in [0.2, 0.25) is 0 Å². The van der Waals surface area contributed by atoms with E-state index in [0.717, 1.165) is 22.3 Å². The van der Waals surface area contributed by atoms with Crippen LogP contribution in [0, 0.1) is 0 Å². The van der Waals surface area contributed by atoms with Crippen LogP contribution in [0.5, 0.6) is 0 Å². The smallest absolute Gasteiger partial charge is 0.257 e. The Balaban J connectivity index is 1.51. The first kappa shape index (κ1) is 17.9. The number of para-hydroxylation sites is 3. The van der Waals surface area contributed by atoms with E-state index >= 15 is 0 Å². The Hall–Kier alpha value is -4.12. The van der Waals surface area contributed by atoms with Crippen molar-refractivity contribution in [3.8, 4) is 5.69 Å². The van der Waals surface area contributed by atoms with Gasteiger partial charge < -0.3 is 14.5 Å². The van der Waals surface area contributed by atoms with Gasteiger partial charge in [-0.15, -0.1) is 0 Å². The van der Waals surface area contributed by atoms with E-state index in [0.29, 0.717) is 12.1 Å². The number of rotatable bonds is 5. The minimum Gasteiger partial charge on any atom is -0.342 e. The molecule has 0 aliphatic heterocycles. The summed E-state index contributed by atoms with van der Waals surface area (Å²) in [6.45, 7) is 0.709. The summed E-state index contributed by atoms with van der Waals surface area (Å²) in [5.41, 5.74) is 4.49. The van der Waals surface area contributed by atoms with Gasteiger partial charge in [0.2, 0.25) is 0 Å². The van der Waals surface area contributed by atoms with Crippen LogP contribution in [0.25, 0.3) is 16.6 Å². The van der Waals surface area contributed by atoms with Crippen molar-refractivity contribution in [1.29, 1.82) is 0 Å². The van der Waals surface area contributed by atoms with Gasteiger partial charge in [-0.05, 0) is 23.8 Å². The fourth-order valence-electron chi connectivity index (χ4n) is 3.73. The summed E-state index contributed by atoms with van der Waals surface area (Å²) < 4.78 is 4.01. The van der Waals surface area contributed by atoms with Crippen molar-refractivity contribution in [2.45, 2.75) is 6.54 Å². The maximum absolute atomic E-state index is 13.3. The van der Waals surface area contributed by atoms with E-state index in [1.165, 1.54) is 5.56 Å². The van der Waals surface area contributed by atoms with Crippen molar-refractivity contribution >= 4 is 22.5 Å². The van der Waals surface area contributed by atoms with Crippen molar-refractivity contribution in [1.82, 2.24) is 14.1 Å². The summed E-state index contributed by atoms with van der Waals surface area (Å²) in [7, 11) is 0. The number of carbonyl (C=O) groups is 1. The molecule has 3 aromatic carbocycles. The Bertz CT molecular complexity index is 1300. The molecule has 1 amide bonds. The first-order valence-corrected chi connectivity index (χ1v) is 9.80. The normalized spacial score (nSPS) is 10.9. The van der Waals surface area contributed by atoms with Gasteiger partial charge in [0.05, 0.1) is 23.3 Å². The second kappa shape index (κ2) is 7.72. The highest BCUT2D eigenvalue weighted by molar-refractivity contribution is 6.13. The summed E-state index contributed by atoms with van der Waals surface area (Å²) >= 11 is 0. The molecule has 5 aromatic rings. The van der Waals surface area contributed by atoms with E-state index in [4.69, 9.17) is 0 Å². The first-order chi connectivity index (χ1) is 14.8. The van der Waals surface area contributed by atoms with Crippen LogP contribution in [0.4, 0.5) is 5.69 Å². The lowest BCUT2D eigenvalue weighted by molar-refractivity contribution is 0.102. The van der Waals surface area contributed by atoms with Gasteiger partial charge in [-0.25, -0.2) is 4.98 Å². The van der Waals surface area contributed by atoms with Crippen molar-refractivity contribution in [2.24, 2.45) is 0 Å². The zero-order valence-electron chi connectivity index (χ0n) is 16.3. The molecule has 1 N–H and O–H groups in total. The Morgan fingerprint density at radius 1 is 0.900 bits per heavy atom. The molecule has 0 aliphatic rings. The van der Waals surface area contributed by atoms with Crippen LogP contribution in [0.1, 0.15) is 15.9 Å². The van der Waals surface area contributed by atoms with Gasteiger partial charge in [-0.1, -0.05) is 60.7 Å². The number of fused-ring (bicyclic) bond motifs is 1. The molecule has 0 unspecified atom stereocenters. The van der Waals surface area contributed by atoms with Gasteiger partial charge in [0.25, 0.3) is 5.91 Å². The lowest BCUT2D eigenvalue weighted by Gasteiger charge is -2.11. The van der Waals surface area contributed by atoms with Gasteiger partial charge in [-0.2, -0.15) is 0 Å². The van der Waals surface area contributed by atoms with Gasteiger partial charge in [0.1, 0.15) is 0 Å². The van der Waals surface area contributed by atoms with E-state index in [2.05, 4.69) is 33.1 Å². The van der Waals surface area contributed by atoms with E-state index in [1.807, 2.05) is 77.6 Å². The molecule has 5 nitrogen and oxygen atoms in total. The number of aromatic nitrogens is 3. The number of amides is 1. The van der Waals surface area contributed by atoms with Crippen molar-refractivity contribution < 1.29 is 4.79 Å². The molecule has 0 bridgehead atoms. The van der Waals surface area contributed by atoms with Crippen molar-refractivity contribution in [3.63, 3.8) is 0 Å². The average molecular weight is 392 g/mol. The molecule has 5 rings (SSSR count). The lowest BCUT2D eigenvalue weighted by Crippen LogP contribution is -2.13. The summed E-state index contributed by atoms with van der Waals surface area (Å²) in [4.78, 5) is 17.4. The van der Waals surface area contributed by atoms with Crippen LogP contribution in [-0.4, -0.2) is 20.0 Å². The molecule has 2 aromatic heterocycles. The molecule has 30 heavy (non-hydrogen) atoms. The molecule has 0 saturated carbocycles. The Morgan fingerprint density at radius 2 is 1.67 bits per heavy atom. The van der Waals surface area contributed by atoms with Gasteiger partial charge >= 0.3 is 0 Å². The fourth-order valence-corrected chi connectivity index (χ4v) is 3.73. The second-order valence-corrected chi connectivity index (χ2v) is 7.11. The highest BCUT2D eigenvalue weighted by Gasteiger charge is 2.16. The number of nitrogens with one attached hydrogen (secondary N) is 1. The van der Waals surface area contributed by atoms with Crippen LogP contribution in [0.15, 0.2) is 104 Å². The summed E-state index contributed by atoms with van der Waals surface area (Å²) in [6, 6.07) is 26.0. The molecule has 0 saturated heterocycles. The number of benzene rings is 3. The number of anilines is 1. The molecule has 5 heteroatoms. The monoisotopic (exact) mass is 392 g/mol. The third-order valence-electron chi connectivity index (χ3n) is 5.16. The van der Waals surface area contributed by atoms with Crippen LogP contribution < -0.4 is 5.32 Å². The maximum atomic E-state index is 13.3. The van der Waals surface area contributed by atoms with Crippen LogP contribution >= 0.6 is 0 Å². The third kappa shape index (κ3) is 3.37. The van der Waals surface area contributed by atoms with E-state index in [9.17, 15) is 4.79 Å². The zero-order chi connectivity index (χ0) is 20.3. The highest BCUT2D eigenvalue weighted by Crippen LogP contribution is 2.25. The topological polar surface area (TPSA) is 51.9 Å². The number of hydrogen-bond donors (Lipinski definition) is 1. The second-order valence-electron chi connectivity index (χ2n) is 7.11. The SMILES string of the molecule is O=C(Nc1ccccc1-n1ccnc1)c1cn(Cc2ccccc2)c2ccccc12. The van der Waals surface area contributed by atoms with Gasteiger partial charge in [-0.3, -0.25) is 4.79 Å². The van der Waals surface area contributed by atoms with Gasteiger partial charge in [0.15, 0.2) is 0 Å². The first-order valence-electron chi connectivity index (χ1n) is 9.80. The van der Waals surface area contributed by atoms with Gasteiger partial charge in [0, 0.05) is 36.0 Å². The molecule has 0 atom stereocenters. The minimum atomic E-state index is -0.134. The van der Waals surface area contributed by atoms with Crippen molar-refractivity contribution in [2.75, 3.05) is 5.32 Å². The van der Waals surface area contributed by atoms with E-state index < -0.39 is 0 Å². The van der Waals surface area contributed by atoms with Crippen molar-refractivity contribution in [3.05, 3.63) is 115 Å². The summed E-state index contributed by atoms with van der Waals surface area (Å²) in [5.74, 6) is -0.134. The Labute approximate surface area is 174 Å². The fraction of sp³-hybridized carbons (Fsp3) is 0.0400. The molecule has 2 heterocycles. The summed E-state index contributed by atoms with van der Waals surface area (Å²) in [6.07, 6.45) is 7.23. The number of nitrogens with zero attached hydrogens (tertiary/aromatic N) is 3. The number of hydrogen-bond acceptors (Lipinski definition) is 2. The van der Waals surface area contributed by atoms with E-state index in [1.54, 1.807) is 12.5 Å².